The number of imide groups is 1. The second kappa shape index (κ2) is 9.08. The van der Waals surface area contributed by atoms with Gasteiger partial charge in [0, 0.05) is 22.6 Å². The number of nitrogens with zero attached hydrogens (tertiary/aromatic N) is 1. The van der Waals surface area contributed by atoms with Crippen LogP contribution in [0.5, 0.6) is 17.2 Å². The summed E-state index contributed by atoms with van der Waals surface area (Å²) in [6, 6.07) is 12.1. The number of amides is 2. The summed E-state index contributed by atoms with van der Waals surface area (Å²) in [4.78, 5) is 55.5. The molecule has 8 nitrogen and oxygen atoms in total. The molecular weight excluding hydrogens is 498 g/mol. The Bertz CT molecular complexity index is 1520. The predicted octanol–water partition coefficient (Wildman–Crippen LogP) is 4.04. The third-order valence-corrected chi connectivity index (χ3v) is 8.41. The number of rotatable bonds is 4. The molecule has 6 rings (SSSR count). The van der Waals surface area contributed by atoms with Crippen LogP contribution in [0.3, 0.4) is 0 Å². The topological polar surface area (TPSA) is 110 Å². The second-order valence-corrected chi connectivity index (χ2v) is 10.4. The molecule has 0 bridgehead atoms. The number of ether oxygens (including phenoxy) is 2. The van der Waals surface area contributed by atoms with Gasteiger partial charge < -0.3 is 14.6 Å². The molecular formula is C31H27NO7. The van der Waals surface area contributed by atoms with Gasteiger partial charge in [-0.05, 0) is 61.6 Å². The summed E-state index contributed by atoms with van der Waals surface area (Å²) in [5.74, 6) is -3.24. The molecule has 2 amide bonds. The Morgan fingerprint density at radius 2 is 1.59 bits per heavy atom. The summed E-state index contributed by atoms with van der Waals surface area (Å²) in [6.07, 6.45) is 3.84. The van der Waals surface area contributed by atoms with Gasteiger partial charge in [-0.3, -0.25) is 24.1 Å². The van der Waals surface area contributed by atoms with Gasteiger partial charge in [0.1, 0.15) is 0 Å². The van der Waals surface area contributed by atoms with E-state index in [-0.39, 0.29) is 47.1 Å². The first-order chi connectivity index (χ1) is 18.8. The number of phenols is 1. The number of benzene rings is 2. The molecule has 1 aliphatic heterocycles. The highest BCUT2D eigenvalue weighted by molar-refractivity contribution is 6.25. The Labute approximate surface area is 225 Å². The number of ketones is 2. The number of methoxy groups -OCH3 is 2. The van der Waals surface area contributed by atoms with Gasteiger partial charge in [-0.1, -0.05) is 29.8 Å². The molecule has 0 aromatic heterocycles. The Morgan fingerprint density at radius 3 is 2.23 bits per heavy atom. The minimum Gasteiger partial charge on any atom is -0.502 e. The van der Waals surface area contributed by atoms with Crippen LogP contribution in [0.15, 0.2) is 76.9 Å². The monoisotopic (exact) mass is 525 g/mol. The number of Topliss-reactive ketones (excluding diaryl/α,β-unsaturated/α-hetero) is 1. The zero-order valence-corrected chi connectivity index (χ0v) is 21.8. The van der Waals surface area contributed by atoms with E-state index in [0.29, 0.717) is 34.4 Å². The van der Waals surface area contributed by atoms with E-state index in [1.807, 2.05) is 12.1 Å². The fraction of sp³-hybridized carbons (Fsp3) is 0.290. The molecule has 2 aromatic carbocycles. The second-order valence-electron chi connectivity index (χ2n) is 10.4. The molecule has 3 aliphatic carbocycles. The third kappa shape index (κ3) is 3.58. The van der Waals surface area contributed by atoms with Gasteiger partial charge in [-0.25, -0.2) is 0 Å². The summed E-state index contributed by atoms with van der Waals surface area (Å²) in [5.41, 5.74) is 3.01. The van der Waals surface area contributed by atoms with Crippen molar-refractivity contribution in [2.45, 2.75) is 25.7 Å². The van der Waals surface area contributed by atoms with Crippen LogP contribution in [0, 0.1) is 17.8 Å². The van der Waals surface area contributed by atoms with Crippen LogP contribution < -0.4 is 14.4 Å². The van der Waals surface area contributed by atoms with E-state index in [0.717, 1.165) is 5.57 Å². The van der Waals surface area contributed by atoms with Gasteiger partial charge in [0.05, 0.1) is 31.7 Å². The average Bonchev–Trinajstić information content (AvgIpc) is 3.20. The summed E-state index contributed by atoms with van der Waals surface area (Å²) in [6.45, 7) is 1.62. The minimum absolute atomic E-state index is 0.159. The standard InChI is InChI=1S/C31H27NO7/c1-15-11-22(33)21-14-20-18(9-10-19-26(20)31(37)32(30(19)36)17-7-5-4-6-8-17)25(27(21)28(15)34)16-12-23(38-2)29(35)24(13-16)39-3/h4-9,11-13,19-20,25-26,35H,10,14H2,1-3H3/t19-,20+,25-,26-/m0/s1. The third-order valence-electron chi connectivity index (χ3n) is 8.41. The number of allylic oxidation sites excluding steroid dienone is 6. The minimum atomic E-state index is -0.670. The van der Waals surface area contributed by atoms with Crippen LogP contribution in [-0.4, -0.2) is 42.7 Å². The summed E-state index contributed by atoms with van der Waals surface area (Å²) in [5, 5.41) is 10.5. The van der Waals surface area contributed by atoms with Gasteiger partial charge in [-0.15, -0.1) is 0 Å². The Kier molecular flexibility index (Phi) is 5.79. The first kappa shape index (κ1) is 24.9. The molecule has 4 atom stereocenters. The molecule has 1 heterocycles. The van der Waals surface area contributed by atoms with Crippen molar-refractivity contribution >= 4 is 29.1 Å². The molecule has 0 spiro atoms. The summed E-state index contributed by atoms with van der Waals surface area (Å²) in [7, 11) is 2.83. The van der Waals surface area contributed by atoms with Crippen molar-refractivity contribution in [1.29, 1.82) is 0 Å². The highest BCUT2D eigenvalue weighted by Crippen LogP contribution is 2.56. The average molecular weight is 526 g/mol. The van der Waals surface area contributed by atoms with Crippen LogP contribution >= 0.6 is 0 Å². The molecule has 0 unspecified atom stereocenters. The quantitative estimate of drug-likeness (QED) is 0.364. The van der Waals surface area contributed by atoms with E-state index in [1.165, 1.54) is 25.2 Å². The lowest BCUT2D eigenvalue weighted by atomic mass is 9.59. The number of carbonyl (C=O) groups is 4. The van der Waals surface area contributed by atoms with Crippen LogP contribution in [-0.2, 0) is 19.2 Å². The summed E-state index contributed by atoms with van der Waals surface area (Å²) < 4.78 is 10.8. The Morgan fingerprint density at radius 1 is 0.923 bits per heavy atom. The Balaban J connectivity index is 1.53. The molecule has 39 heavy (non-hydrogen) atoms. The van der Waals surface area contributed by atoms with Crippen molar-refractivity contribution in [2.24, 2.45) is 17.8 Å². The number of para-hydroxylation sites is 1. The van der Waals surface area contributed by atoms with Crippen molar-refractivity contribution in [3.8, 4) is 17.2 Å². The van der Waals surface area contributed by atoms with Crippen LogP contribution in [0.1, 0.15) is 31.2 Å². The van der Waals surface area contributed by atoms with Gasteiger partial charge in [0.25, 0.3) is 0 Å². The highest BCUT2D eigenvalue weighted by atomic mass is 16.5. The highest BCUT2D eigenvalue weighted by Gasteiger charge is 2.56. The van der Waals surface area contributed by atoms with Gasteiger partial charge in [-0.2, -0.15) is 0 Å². The van der Waals surface area contributed by atoms with Gasteiger partial charge in [0.2, 0.25) is 17.6 Å². The normalized spacial score (nSPS) is 26.1. The van der Waals surface area contributed by atoms with E-state index in [2.05, 4.69) is 0 Å². The number of anilines is 1. The molecule has 0 radical (unpaired) electrons. The first-order valence-corrected chi connectivity index (χ1v) is 12.8. The molecule has 2 aromatic rings. The first-order valence-electron chi connectivity index (χ1n) is 12.8. The number of aromatic hydroxyl groups is 1. The number of carbonyl (C=O) groups excluding carboxylic acids is 4. The van der Waals surface area contributed by atoms with E-state index < -0.39 is 23.7 Å². The predicted molar refractivity (Wildman–Crippen MR) is 141 cm³/mol. The molecule has 8 heteroatoms. The molecule has 1 N–H and O–H groups in total. The number of phenolic OH excluding ortho intramolecular Hbond substituents is 1. The zero-order chi connectivity index (χ0) is 27.6. The van der Waals surface area contributed by atoms with Crippen LogP contribution in [0.25, 0.3) is 0 Å². The van der Waals surface area contributed by atoms with E-state index >= 15 is 0 Å². The largest absolute Gasteiger partial charge is 0.502 e. The smallest absolute Gasteiger partial charge is 0.238 e. The maximum Gasteiger partial charge on any atom is 0.238 e. The van der Waals surface area contributed by atoms with E-state index in [1.54, 1.807) is 43.3 Å². The fourth-order valence-corrected chi connectivity index (χ4v) is 6.65. The van der Waals surface area contributed by atoms with Crippen LogP contribution in [0.2, 0.25) is 0 Å². The molecule has 1 fully saturated rings. The van der Waals surface area contributed by atoms with Crippen molar-refractivity contribution < 1.29 is 33.8 Å². The fourth-order valence-electron chi connectivity index (χ4n) is 6.65. The SMILES string of the molecule is COc1cc([C@H]2C3=CC[C@@H]4C(=O)N(c5ccccc5)C(=O)[C@@H]4[C@@H]3CC3=C2C(=O)C(C)=CC3=O)cc(OC)c1O. The van der Waals surface area contributed by atoms with E-state index in [9.17, 15) is 24.3 Å². The molecule has 198 valence electrons. The van der Waals surface area contributed by atoms with Crippen LogP contribution in [0.4, 0.5) is 5.69 Å². The number of hydrogen-bond acceptors (Lipinski definition) is 7. The Hall–Kier alpha value is -4.46. The van der Waals surface area contributed by atoms with Gasteiger partial charge >= 0.3 is 0 Å². The molecule has 0 saturated carbocycles. The van der Waals surface area contributed by atoms with Crippen molar-refractivity contribution in [3.05, 3.63) is 82.5 Å². The van der Waals surface area contributed by atoms with Crippen molar-refractivity contribution in [1.82, 2.24) is 0 Å². The van der Waals surface area contributed by atoms with Crippen molar-refractivity contribution in [2.75, 3.05) is 19.1 Å². The number of hydrogen-bond donors (Lipinski definition) is 1. The van der Waals surface area contributed by atoms with Crippen molar-refractivity contribution in [3.63, 3.8) is 0 Å². The molecule has 4 aliphatic rings. The number of fused-ring (bicyclic) bond motifs is 3. The maximum absolute atomic E-state index is 13.9. The molecule has 1 saturated heterocycles. The lowest BCUT2D eigenvalue weighted by Gasteiger charge is -2.42. The maximum atomic E-state index is 13.9. The lowest BCUT2D eigenvalue weighted by molar-refractivity contribution is -0.123. The van der Waals surface area contributed by atoms with E-state index in [4.69, 9.17) is 9.47 Å². The zero-order valence-electron chi connectivity index (χ0n) is 21.8. The lowest BCUT2D eigenvalue weighted by Crippen LogP contribution is -2.39. The summed E-state index contributed by atoms with van der Waals surface area (Å²) >= 11 is 0. The van der Waals surface area contributed by atoms with Gasteiger partial charge in [0.15, 0.2) is 23.1 Å².